The Morgan fingerprint density at radius 1 is 1.09 bits per heavy atom. The van der Waals surface area contributed by atoms with E-state index in [2.05, 4.69) is 0 Å². The molecule has 0 spiro atoms. The molecule has 2 aliphatic heterocycles. The zero-order valence-corrected chi connectivity index (χ0v) is 18.7. The second-order valence-electron chi connectivity index (χ2n) is 8.52. The zero-order valence-electron chi connectivity index (χ0n) is 18.7. The van der Waals surface area contributed by atoms with Crippen LogP contribution in [0.1, 0.15) is 37.3 Å². The molecule has 2 aromatic rings. The van der Waals surface area contributed by atoms with E-state index in [1.165, 1.54) is 4.90 Å². The van der Waals surface area contributed by atoms with Gasteiger partial charge in [-0.05, 0) is 49.8 Å². The molecule has 168 valence electrons. The van der Waals surface area contributed by atoms with Gasteiger partial charge in [-0.25, -0.2) is 4.90 Å². The third-order valence-electron chi connectivity index (χ3n) is 6.04. The van der Waals surface area contributed by atoms with Gasteiger partial charge in [-0.3, -0.25) is 9.59 Å². The van der Waals surface area contributed by atoms with Gasteiger partial charge in [0.15, 0.2) is 0 Å². The number of anilines is 1. The van der Waals surface area contributed by atoms with Crippen LogP contribution in [0.4, 0.5) is 5.69 Å². The summed E-state index contributed by atoms with van der Waals surface area (Å²) in [6, 6.07) is 14.8. The van der Waals surface area contributed by atoms with Gasteiger partial charge < -0.3 is 14.7 Å². The van der Waals surface area contributed by atoms with E-state index in [1.807, 2.05) is 49.1 Å². The maximum atomic E-state index is 13.7. The van der Waals surface area contributed by atoms with E-state index in [0.717, 1.165) is 30.4 Å². The minimum atomic E-state index is -0.326. The van der Waals surface area contributed by atoms with Crippen molar-refractivity contribution in [3.8, 4) is 5.75 Å². The first-order valence-corrected chi connectivity index (χ1v) is 11.3. The van der Waals surface area contributed by atoms with Crippen LogP contribution in [0, 0.1) is 12.8 Å². The van der Waals surface area contributed by atoms with E-state index in [9.17, 15) is 14.7 Å². The Kier molecular flexibility index (Phi) is 6.61. The van der Waals surface area contributed by atoms with Crippen LogP contribution in [0.25, 0.3) is 5.57 Å². The molecule has 4 rings (SSSR count). The number of hydrogen-bond acceptors (Lipinski definition) is 5. The van der Waals surface area contributed by atoms with Crippen LogP contribution in [-0.4, -0.2) is 48.1 Å². The Morgan fingerprint density at radius 2 is 1.88 bits per heavy atom. The average molecular weight is 435 g/mol. The molecule has 0 saturated carbocycles. The number of piperidine rings is 1. The summed E-state index contributed by atoms with van der Waals surface area (Å²) in [5.74, 6) is 0.0799. The first-order valence-electron chi connectivity index (χ1n) is 11.3. The van der Waals surface area contributed by atoms with Crippen LogP contribution >= 0.6 is 0 Å². The lowest BCUT2D eigenvalue weighted by atomic mass is 9.96. The first kappa shape index (κ1) is 22.1. The molecular formula is C26H30N2O4. The topological polar surface area (TPSA) is 70.1 Å². The molecule has 0 bridgehead atoms. The van der Waals surface area contributed by atoms with Gasteiger partial charge in [0.2, 0.25) is 0 Å². The van der Waals surface area contributed by atoms with Gasteiger partial charge in [0.05, 0.1) is 17.9 Å². The fourth-order valence-corrected chi connectivity index (χ4v) is 4.38. The lowest BCUT2D eigenvalue weighted by molar-refractivity contribution is -0.120. The summed E-state index contributed by atoms with van der Waals surface area (Å²) in [5.41, 5.74) is 3.17. The first-order chi connectivity index (χ1) is 15.5. The Labute approximate surface area is 189 Å². The van der Waals surface area contributed by atoms with Crippen molar-refractivity contribution < 1.29 is 19.4 Å². The number of amides is 2. The van der Waals surface area contributed by atoms with Crippen LogP contribution in [0.5, 0.6) is 5.75 Å². The largest absolute Gasteiger partial charge is 0.494 e. The predicted octanol–water partition coefficient (Wildman–Crippen LogP) is 3.77. The Morgan fingerprint density at radius 3 is 2.59 bits per heavy atom. The normalized spacial score (nSPS) is 19.2. The van der Waals surface area contributed by atoms with Gasteiger partial charge in [0.25, 0.3) is 11.8 Å². The highest BCUT2D eigenvalue weighted by atomic mass is 16.5. The van der Waals surface area contributed by atoms with Crippen LogP contribution in [0.15, 0.2) is 54.2 Å². The number of hydrogen-bond donors (Lipinski definition) is 1. The van der Waals surface area contributed by atoms with Gasteiger partial charge in [-0.2, -0.15) is 0 Å². The fourth-order valence-electron chi connectivity index (χ4n) is 4.38. The van der Waals surface area contributed by atoms with E-state index in [4.69, 9.17) is 4.74 Å². The summed E-state index contributed by atoms with van der Waals surface area (Å²) in [7, 11) is 0. The molecular weight excluding hydrogens is 404 g/mol. The molecule has 6 heteroatoms. The highest BCUT2D eigenvalue weighted by Crippen LogP contribution is 2.37. The molecule has 1 saturated heterocycles. The molecule has 0 aromatic heterocycles. The number of carbonyl (C=O) groups is 2. The third kappa shape index (κ3) is 4.28. The summed E-state index contributed by atoms with van der Waals surface area (Å²) in [6.45, 7) is 5.92. The van der Waals surface area contributed by atoms with Crippen LogP contribution < -0.4 is 9.64 Å². The molecule has 1 N–H and O–H groups in total. The molecule has 2 heterocycles. The van der Waals surface area contributed by atoms with Crippen molar-refractivity contribution in [3.63, 3.8) is 0 Å². The molecule has 2 amide bonds. The van der Waals surface area contributed by atoms with E-state index >= 15 is 0 Å². The van der Waals surface area contributed by atoms with E-state index in [0.29, 0.717) is 42.4 Å². The number of aliphatic hydroxyl groups excluding tert-OH is 1. The summed E-state index contributed by atoms with van der Waals surface area (Å²) in [6.07, 6.45) is 2.66. The Hall–Kier alpha value is -3.12. The van der Waals surface area contributed by atoms with Gasteiger partial charge in [0, 0.05) is 25.8 Å². The van der Waals surface area contributed by atoms with Gasteiger partial charge >= 0.3 is 0 Å². The average Bonchev–Trinajstić information content (AvgIpc) is 3.08. The van der Waals surface area contributed by atoms with Crippen LogP contribution in [-0.2, 0) is 9.59 Å². The van der Waals surface area contributed by atoms with E-state index in [1.54, 1.807) is 18.2 Å². The molecule has 2 aromatic carbocycles. The van der Waals surface area contributed by atoms with Crippen molar-refractivity contribution >= 4 is 23.1 Å². The maximum Gasteiger partial charge on any atom is 0.282 e. The molecule has 1 fully saturated rings. The molecule has 0 aliphatic carbocycles. The summed E-state index contributed by atoms with van der Waals surface area (Å²) < 4.78 is 5.72. The van der Waals surface area contributed by atoms with Crippen molar-refractivity contribution in [2.45, 2.75) is 33.1 Å². The van der Waals surface area contributed by atoms with Crippen molar-refractivity contribution in [3.05, 3.63) is 65.4 Å². The fraction of sp³-hybridized carbons (Fsp3) is 0.385. The highest BCUT2D eigenvalue weighted by Gasteiger charge is 2.43. The van der Waals surface area contributed by atoms with Crippen molar-refractivity contribution in [2.75, 3.05) is 31.2 Å². The Bertz CT molecular complexity index is 1030. The molecule has 2 aliphatic rings. The minimum Gasteiger partial charge on any atom is -0.494 e. The number of likely N-dealkylation sites (tertiary alicyclic amines) is 1. The van der Waals surface area contributed by atoms with Crippen molar-refractivity contribution in [2.24, 2.45) is 5.92 Å². The summed E-state index contributed by atoms with van der Waals surface area (Å²) in [4.78, 5) is 30.6. The molecule has 0 radical (unpaired) electrons. The number of ether oxygens (including phenoxy) is 1. The SMILES string of the molecule is CCCOc1cccc(N2C(=O)C(c3ccc(C)cc3)=C(N3CCCC(CO)C3)C2=O)c1. The second-order valence-corrected chi connectivity index (χ2v) is 8.52. The van der Waals surface area contributed by atoms with Gasteiger partial charge in [0.1, 0.15) is 11.4 Å². The number of aryl methyl sites for hydroxylation is 1. The smallest absolute Gasteiger partial charge is 0.282 e. The number of nitrogens with zero attached hydrogens (tertiary/aromatic N) is 2. The maximum absolute atomic E-state index is 13.7. The quantitative estimate of drug-likeness (QED) is 0.672. The van der Waals surface area contributed by atoms with Crippen molar-refractivity contribution in [1.82, 2.24) is 4.90 Å². The van der Waals surface area contributed by atoms with Gasteiger partial charge in [-0.15, -0.1) is 0 Å². The summed E-state index contributed by atoms with van der Waals surface area (Å²) >= 11 is 0. The molecule has 1 unspecified atom stereocenters. The third-order valence-corrected chi connectivity index (χ3v) is 6.04. The van der Waals surface area contributed by atoms with Gasteiger partial charge in [-0.1, -0.05) is 42.8 Å². The second kappa shape index (κ2) is 9.57. The Balaban J connectivity index is 1.75. The standard InChI is InChI=1S/C26H30N2O4/c1-3-14-32-22-8-4-7-21(15-22)28-25(30)23(20-11-9-18(2)10-12-20)24(26(28)31)27-13-5-6-19(16-27)17-29/h4,7-12,15,19,29H,3,5-6,13-14,16-17H2,1-2H3. The van der Waals surface area contributed by atoms with Crippen LogP contribution in [0.3, 0.4) is 0 Å². The molecule has 32 heavy (non-hydrogen) atoms. The number of benzene rings is 2. The number of aliphatic hydroxyl groups is 1. The molecule has 6 nitrogen and oxygen atoms in total. The highest BCUT2D eigenvalue weighted by molar-refractivity contribution is 6.45. The predicted molar refractivity (Wildman–Crippen MR) is 124 cm³/mol. The van der Waals surface area contributed by atoms with E-state index < -0.39 is 0 Å². The number of rotatable bonds is 7. The number of carbonyl (C=O) groups excluding carboxylic acids is 2. The monoisotopic (exact) mass is 434 g/mol. The van der Waals surface area contributed by atoms with Crippen LogP contribution in [0.2, 0.25) is 0 Å². The summed E-state index contributed by atoms with van der Waals surface area (Å²) in [5, 5.41) is 9.70. The minimum absolute atomic E-state index is 0.0757. The number of imide groups is 1. The zero-order chi connectivity index (χ0) is 22.7. The molecule has 1 atom stereocenters. The van der Waals surface area contributed by atoms with E-state index in [-0.39, 0.29) is 24.3 Å². The lowest BCUT2D eigenvalue weighted by Gasteiger charge is -2.34. The van der Waals surface area contributed by atoms with Crippen molar-refractivity contribution in [1.29, 1.82) is 0 Å². The lowest BCUT2D eigenvalue weighted by Crippen LogP contribution is -2.40.